The van der Waals surface area contributed by atoms with E-state index in [0.29, 0.717) is 31.0 Å². The molecule has 2 aliphatic heterocycles. The van der Waals surface area contributed by atoms with E-state index in [1.54, 1.807) is 11.0 Å². The molecule has 1 aromatic rings. The molecule has 0 bridgehead atoms. The maximum atomic E-state index is 12.0. The van der Waals surface area contributed by atoms with Gasteiger partial charge in [0.25, 0.3) is 0 Å². The van der Waals surface area contributed by atoms with Gasteiger partial charge in [0.15, 0.2) is 0 Å². The van der Waals surface area contributed by atoms with Crippen molar-refractivity contribution < 1.29 is 19.1 Å². The minimum Gasteiger partial charge on any atom is -0.491 e. The molecule has 23 heavy (non-hydrogen) atoms. The number of carbonyl (C=O) groups excluding carboxylic acids is 2. The zero-order valence-corrected chi connectivity index (χ0v) is 13.1. The van der Waals surface area contributed by atoms with Crippen LogP contribution < -0.4 is 10.1 Å². The van der Waals surface area contributed by atoms with Gasteiger partial charge in [-0.05, 0) is 31.4 Å². The molecule has 2 aliphatic rings. The van der Waals surface area contributed by atoms with E-state index >= 15 is 0 Å². The second-order valence-corrected chi connectivity index (χ2v) is 5.94. The third-order valence-corrected chi connectivity index (χ3v) is 4.08. The van der Waals surface area contributed by atoms with Gasteiger partial charge in [-0.3, -0.25) is 9.59 Å². The summed E-state index contributed by atoms with van der Waals surface area (Å²) in [6, 6.07) is 7.29. The van der Waals surface area contributed by atoms with E-state index in [0.717, 1.165) is 25.9 Å². The molecule has 0 aliphatic carbocycles. The summed E-state index contributed by atoms with van der Waals surface area (Å²) in [6.45, 7) is 2.11. The molecule has 0 aromatic heterocycles. The van der Waals surface area contributed by atoms with Crippen molar-refractivity contribution in [2.45, 2.75) is 31.8 Å². The Morgan fingerprint density at radius 1 is 1.39 bits per heavy atom. The van der Waals surface area contributed by atoms with E-state index in [2.05, 4.69) is 5.32 Å². The molecule has 0 saturated carbocycles. The smallest absolute Gasteiger partial charge is 0.243 e. The lowest BCUT2D eigenvalue weighted by Crippen LogP contribution is -2.33. The van der Waals surface area contributed by atoms with Crippen LogP contribution in [0, 0.1) is 0 Å². The third kappa shape index (κ3) is 4.45. The SMILES string of the molecule is O=C(CN1CCCC1=O)Nc1cccc(OC[C@H]2CCCO2)c1. The highest BCUT2D eigenvalue weighted by atomic mass is 16.5. The number of hydrogen-bond acceptors (Lipinski definition) is 4. The van der Waals surface area contributed by atoms with Gasteiger partial charge in [-0.15, -0.1) is 0 Å². The summed E-state index contributed by atoms with van der Waals surface area (Å²) >= 11 is 0. The number of nitrogens with zero attached hydrogens (tertiary/aromatic N) is 1. The van der Waals surface area contributed by atoms with Crippen molar-refractivity contribution in [3.63, 3.8) is 0 Å². The Bertz CT molecular complexity index is 569. The monoisotopic (exact) mass is 318 g/mol. The normalized spacial score (nSPS) is 20.8. The maximum Gasteiger partial charge on any atom is 0.243 e. The van der Waals surface area contributed by atoms with Gasteiger partial charge in [0.05, 0.1) is 12.6 Å². The Labute approximate surface area is 135 Å². The molecule has 0 spiro atoms. The van der Waals surface area contributed by atoms with Gasteiger partial charge < -0.3 is 19.7 Å². The lowest BCUT2D eigenvalue weighted by atomic mass is 10.2. The average Bonchev–Trinajstić information content (AvgIpc) is 3.18. The second kappa shape index (κ2) is 7.46. The molecule has 1 aromatic carbocycles. The Hall–Kier alpha value is -2.08. The first-order valence-corrected chi connectivity index (χ1v) is 8.13. The maximum absolute atomic E-state index is 12.0. The second-order valence-electron chi connectivity index (χ2n) is 5.94. The van der Waals surface area contributed by atoms with E-state index in [9.17, 15) is 9.59 Å². The molecule has 2 amide bonds. The molecule has 6 nitrogen and oxygen atoms in total. The zero-order chi connectivity index (χ0) is 16.1. The topological polar surface area (TPSA) is 67.9 Å². The number of carbonyl (C=O) groups is 2. The van der Waals surface area contributed by atoms with Crippen LogP contribution in [-0.2, 0) is 14.3 Å². The average molecular weight is 318 g/mol. The van der Waals surface area contributed by atoms with E-state index < -0.39 is 0 Å². The van der Waals surface area contributed by atoms with E-state index in [1.165, 1.54) is 0 Å². The molecule has 2 heterocycles. The summed E-state index contributed by atoms with van der Waals surface area (Å²) in [5.41, 5.74) is 0.673. The molecule has 124 valence electrons. The van der Waals surface area contributed by atoms with Crippen molar-refractivity contribution >= 4 is 17.5 Å². The summed E-state index contributed by atoms with van der Waals surface area (Å²) < 4.78 is 11.2. The van der Waals surface area contributed by atoms with Gasteiger partial charge >= 0.3 is 0 Å². The molecule has 2 saturated heterocycles. The van der Waals surface area contributed by atoms with Crippen LogP contribution in [-0.4, -0.2) is 49.1 Å². The largest absolute Gasteiger partial charge is 0.491 e. The molecule has 1 N–H and O–H groups in total. The summed E-state index contributed by atoms with van der Waals surface area (Å²) in [7, 11) is 0. The van der Waals surface area contributed by atoms with Gasteiger partial charge in [-0.25, -0.2) is 0 Å². The van der Waals surface area contributed by atoms with Gasteiger partial charge in [0, 0.05) is 31.3 Å². The van der Waals surface area contributed by atoms with Crippen LogP contribution in [0.1, 0.15) is 25.7 Å². The molecule has 1 atom stereocenters. The number of benzene rings is 1. The number of anilines is 1. The van der Waals surface area contributed by atoms with E-state index in [1.807, 2.05) is 18.2 Å². The van der Waals surface area contributed by atoms with Crippen molar-refractivity contribution in [1.29, 1.82) is 0 Å². The van der Waals surface area contributed by atoms with Crippen molar-refractivity contribution in [3.05, 3.63) is 24.3 Å². The Balaban J connectivity index is 1.50. The lowest BCUT2D eigenvalue weighted by molar-refractivity contribution is -0.131. The zero-order valence-electron chi connectivity index (χ0n) is 13.1. The minimum atomic E-state index is -0.184. The standard InChI is InChI=1S/C17H22N2O4/c20-16(11-19-8-2-7-17(19)21)18-13-4-1-5-14(10-13)23-12-15-6-3-9-22-15/h1,4-5,10,15H,2-3,6-9,11-12H2,(H,18,20)/t15-/m1/s1. The molecule has 0 unspecified atom stereocenters. The number of ether oxygens (including phenoxy) is 2. The van der Waals surface area contributed by atoms with Crippen molar-refractivity contribution in [2.24, 2.45) is 0 Å². The van der Waals surface area contributed by atoms with Crippen molar-refractivity contribution in [3.8, 4) is 5.75 Å². The molecule has 6 heteroatoms. The van der Waals surface area contributed by atoms with Gasteiger partial charge in [0.2, 0.25) is 11.8 Å². The third-order valence-electron chi connectivity index (χ3n) is 4.08. The fourth-order valence-electron chi connectivity index (χ4n) is 2.87. The summed E-state index contributed by atoms with van der Waals surface area (Å²) in [6.07, 6.45) is 3.65. The quantitative estimate of drug-likeness (QED) is 0.868. The first-order chi connectivity index (χ1) is 11.2. The minimum absolute atomic E-state index is 0.0498. The highest BCUT2D eigenvalue weighted by Gasteiger charge is 2.22. The first kappa shape index (κ1) is 15.8. The predicted octanol–water partition coefficient (Wildman–Crippen LogP) is 1.81. The fraction of sp³-hybridized carbons (Fsp3) is 0.529. The van der Waals surface area contributed by atoms with Crippen LogP contribution in [0.5, 0.6) is 5.75 Å². The lowest BCUT2D eigenvalue weighted by Gasteiger charge is -2.15. The van der Waals surface area contributed by atoms with E-state index in [4.69, 9.17) is 9.47 Å². The highest BCUT2D eigenvalue weighted by Crippen LogP contribution is 2.20. The number of hydrogen-bond donors (Lipinski definition) is 1. The number of likely N-dealkylation sites (tertiary alicyclic amines) is 1. The molecule has 2 fully saturated rings. The van der Waals surface area contributed by atoms with Gasteiger partial charge in [-0.2, -0.15) is 0 Å². The van der Waals surface area contributed by atoms with Crippen molar-refractivity contribution in [2.75, 3.05) is 31.6 Å². The van der Waals surface area contributed by atoms with Gasteiger partial charge in [-0.1, -0.05) is 6.07 Å². The Kier molecular flexibility index (Phi) is 5.12. The summed E-state index contributed by atoms with van der Waals surface area (Å²) in [5.74, 6) is 0.570. The molecular formula is C17H22N2O4. The Morgan fingerprint density at radius 2 is 2.30 bits per heavy atom. The van der Waals surface area contributed by atoms with E-state index in [-0.39, 0.29) is 24.5 Å². The highest BCUT2D eigenvalue weighted by molar-refractivity contribution is 5.95. The summed E-state index contributed by atoms with van der Waals surface area (Å²) in [5, 5.41) is 2.81. The van der Waals surface area contributed by atoms with Crippen LogP contribution in [0.4, 0.5) is 5.69 Å². The van der Waals surface area contributed by atoms with Crippen LogP contribution >= 0.6 is 0 Å². The van der Waals surface area contributed by atoms with Gasteiger partial charge in [0.1, 0.15) is 12.4 Å². The molecular weight excluding hydrogens is 296 g/mol. The van der Waals surface area contributed by atoms with Crippen molar-refractivity contribution in [1.82, 2.24) is 4.90 Å². The fourth-order valence-corrected chi connectivity index (χ4v) is 2.87. The van der Waals surface area contributed by atoms with Crippen LogP contribution in [0.15, 0.2) is 24.3 Å². The predicted molar refractivity (Wildman–Crippen MR) is 85.4 cm³/mol. The first-order valence-electron chi connectivity index (χ1n) is 8.13. The number of amides is 2. The molecule has 0 radical (unpaired) electrons. The number of rotatable bonds is 6. The Morgan fingerprint density at radius 3 is 3.04 bits per heavy atom. The summed E-state index contributed by atoms with van der Waals surface area (Å²) in [4.78, 5) is 25.2. The van der Waals surface area contributed by atoms with Crippen LogP contribution in [0.3, 0.4) is 0 Å². The molecule has 3 rings (SSSR count). The van der Waals surface area contributed by atoms with Crippen LogP contribution in [0.25, 0.3) is 0 Å². The van der Waals surface area contributed by atoms with Crippen LogP contribution in [0.2, 0.25) is 0 Å². The number of nitrogens with one attached hydrogen (secondary N) is 1.